The minimum Gasteiger partial charge on any atom is -0.438 e. The first kappa shape index (κ1) is 14.2. The molecular weight excluding hydrogens is 272 g/mol. The number of hydrogen-bond acceptors (Lipinski definition) is 4. The lowest BCUT2D eigenvalue weighted by atomic mass is 10.3. The molecule has 2 N–H and O–H groups in total. The molecule has 6 heteroatoms. The van der Waals surface area contributed by atoms with Gasteiger partial charge in [0.2, 0.25) is 5.88 Å². The van der Waals surface area contributed by atoms with Gasteiger partial charge in [-0.05, 0) is 36.8 Å². The highest BCUT2D eigenvalue weighted by Gasteiger charge is 2.01. The Morgan fingerprint density at radius 1 is 1.15 bits per heavy atom. The van der Waals surface area contributed by atoms with Crippen LogP contribution in [0.25, 0.3) is 0 Å². The van der Waals surface area contributed by atoms with Crippen molar-refractivity contribution in [3.05, 3.63) is 42.5 Å². The molecule has 0 fully saturated rings. The lowest BCUT2D eigenvalue weighted by Gasteiger charge is -2.08. The number of anilines is 1. The van der Waals surface area contributed by atoms with Crippen molar-refractivity contribution in [3.8, 4) is 11.6 Å². The number of hydrogen-bond donors (Lipinski definition) is 2. The van der Waals surface area contributed by atoms with Gasteiger partial charge in [-0.15, -0.1) is 10.2 Å². The molecule has 0 bridgehead atoms. The van der Waals surface area contributed by atoms with Crippen molar-refractivity contribution in [2.45, 2.75) is 13.3 Å². The number of ether oxygens (including phenoxy) is 1. The standard InChI is InChI=1S/C14H16N4OS/c1-2-10-15-14(20)16-12-8-9-13(18-17-12)19-11-6-4-3-5-7-11/h3-9H,2,10H2,1H3,(H2,15,16,17,20). The van der Waals surface area contributed by atoms with E-state index in [0.717, 1.165) is 18.7 Å². The van der Waals surface area contributed by atoms with E-state index in [9.17, 15) is 0 Å². The van der Waals surface area contributed by atoms with Crippen LogP contribution in [0.1, 0.15) is 13.3 Å². The van der Waals surface area contributed by atoms with Gasteiger partial charge in [-0.25, -0.2) is 0 Å². The number of aromatic nitrogens is 2. The summed E-state index contributed by atoms with van der Waals surface area (Å²) in [5.74, 6) is 1.75. The molecule has 0 aliphatic heterocycles. The molecule has 1 aromatic heterocycles. The predicted molar refractivity (Wildman–Crippen MR) is 83.1 cm³/mol. The average Bonchev–Trinajstić information content (AvgIpc) is 2.48. The number of para-hydroxylation sites is 1. The largest absolute Gasteiger partial charge is 0.438 e. The second-order valence-electron chi connectivity index (χ2n) is 4.05. The van der Waals surface area contributed by atoms with Gasteiger partial charge in [0.15, 0.2) is 10.9 Å². The molecular formula is C14H16N4OS. The first-order chi connectivity index (χ1) is 9.78. The van der Waals surface area contributed by atoms with Gasteiger partial charge in [-0.3, -0.25) is 0 Å². The Labute approximate surface area is 123 Å². The molecule has 1 aromatic carbocycles. The maximum atomic E-state index is 5.55. The third-order valence-corrected chi connectivity index (χ3v) is 2.63. The predicted octanol–water partition coefficient (Wildman–Crippen LogP) is 2.97. The monoisotopic (exact) mass is 288 g/mol. The van der Waals surface area contributed by atoms with Crippen LogP contribution in [-0.2, 0) is 0 Å². The Morgan fingerprint density at radius 2 is 1.95 bits per heavy atom. The van der Waals surface area contributed by atoms with Crippen molar-refractivity contribution in [1.82, 2.24) is 15.5 Å². The zero-order chi connectivity index (χ0) is 14.2. The zero-order valence-corrected chi connectivity index (χ0v) is 12.0. The van der Waals surface area contributed by atoms with Crippen LogP contribution in [0.5, 0.6) is 11.6 Å². The molecule has 2 aromatic rings. The summed E-state index contributed by atoms with van der Waals surface area (Å²) in [5, 5.41) is 14.5. The van der Waals surface area contributed by atoms with Crippen LogP contribution in [0.4, 0.5) is 5.82 Å². The van der Waals surface area contributed by atoms with Gasteiger partial charge in [-0.1, -0.05) is 25.1 Å². The topological polar surface area (TPSA) is 59.1 Å². The van der Waals surface area contributed by atoms with Gasteiger partial charge < -0.3 is 15.4 Å². The summed E-state index contributed by atoms with van der Waals surface area (Å²) in [4.78, 5) is 0. The Balaban J connectivity index is 1.91. The molecule has 0 saturated carbocycles. The van der Waals surface area contributed by atoms with E-state index in [1.54, 1.807) is 12.1 Å². The molecule has 0 aliphatic carbocycles. The maximum absolute atomic E-state index is 5.55. The number of benzene rings is 1. The van der Waals surface area contributed by atoms with Crippen molar-refractivity contribution in [3.63, 3.8) is 0 Å². The normalized spacial score (nSPS) is 9.85. The number of nitrogens with zero attached hydrogens (tertiary/aromatic N) is 2. The molecule has 104 valence electrons. The first-order valence-electron chi connectivity index (χ1n) is 6.39. The van der Waals surface area contributed by atoms with E-state index in [1.807, 2.05) is 30.3 Å². The molecule has 0 saturated heterocycles. The molecule has 1 heterocycles. The molecule has 0 atom stereocenters. The average molecular weight is 288 g/mol. The van der Waals surface area contributed by atoms with E-state index >= 15 is 0 Å². The Hall–Kier alpha value is -2.21. The van der Waals surface area contributed by atoms with Gasteiger partial charge in [0.1, 0.15) is 5.75 Å². The Bertz CT molecular complexity index is 545. The molecule has 0 aliphatic rings. The van der Waals surface area contributed by atoms with Gasteiger partial charge >= 0.3 is 0 Å². The minimum atomic E-state index is 0.439. The fraction of sp³-hybridized carbons (Fsp3) is 0.214. The van der Waals surface area contributed by atoms with E-state index in [1.165, 1.54) is 0 Å². The van der Waals surface area contributed by atoms with Crippen molar-refractivity contribution in [2.75, 3.05) is 11.9 Å². The second-order valence-corrected chi connectivity index (χ2v) is 4.46. The number of rotatable bonds is 5. The molecule has 5 nitrogen and oxygen atoms in total. The summed E-state index contributed by atoms with van der Waals surface area (Å²) in [7, 11) is 0. The highest BCUT2D eigenvalue weighted by atomic mass is 32.1. The first-order valence-corrected chi connectivity index (χ1v) is 6.80. The molecule has 0 radical (unpaired) electrons. The number of nitrogens with one attached hydrogen (secondary N) is 2. The maximum Gasteiger partial charge on any atom is 0.238 e. The quantitative estimate of drug-likeness (QED) is 0.825. The molecule has 2 rings (SSSR count). The van der Waals surface area contributed by atoms with Crippen LogP contribution in [0, 0.1) is 0 Å². The Morgan fingerprint density at radius 3 is 2.60 bits per heavy atom. The fourth-order valence-corrected chi connectivity index (χ4v) is 1.66. The van der Waals surface area contributed by atoms with E-state index in [4.69, 9.17) is 17.0 Å². The summed E-state index contributed by atoms with van der Waals surface area (Å²) < 4.78 is 5.55. The highest BCUT2D eigenvalue weighted by molar-refractivity contribution is 7.80. The van der Waals surface area contributed by atoms with Crippen LogP contribution < -0.4 is 15.4 Å². The summed E-state index contributed by atoms with van der Waals surface area (Å²) >= 11 is 5.12. The van der Waals surface area contributed by atoms with Gasteiger partial charge in [0.05, 0.1) is 0 Å². The third kappa shape index (κ3) is 4.47. The summed E-state index contributed by atoms with van der Waals surface area (Å²) in [6, 6.07) is 13.0. The lowest BCUT2D eigenvalue weighted by molar-refractivity contribution is 0.455. The van der Waals surface area contributed by atoms with Crippen molar-refractivity contribution < 1.29 is 4.74 Å². The van der Waals surface area contributed by atoms with E-state index in [0.29, 0.717) is 16.8 Å². The van der Waals surface area contributed by atoms with Crippen LogP contribution in [0.3, 0.4) is 0 Å². The third-order valence-electron chi connectivity index (χ3n) is 2.38. The van der Waals surface area contributed by atoms with Crippen LogP contribution >= 0.6 is 12.2 Å². The van der Waals surface area contributed by atoms with E-state index < -0.39 is 0 Å². The Kier molecular flexibility index (Phi) is 5.25. The summed E-state index contributed by atoms with van der Waals surface area (Å²) in [5.41, 5.74) is 0. The SMILES string of the molecule is CCCNC(=S)Nc1ccc(Oc2ccccc2)nn1. The fourth-order valence-electron chi connectivity index (χ4n) is 1.45. The van der Waals surface area contributed by atoms with Crippen molar-refractivity contribution in [2.24, 2.45) is 0 Å². The molecule has 20 heavy (non-hydrogen) atoms. The molecule has 0 amide bonds. The van der Waals surface area contributed by atoms with Crippen LogP contribution in [0.15, 0.2) is 42.5 Å². The van der Waals surface area contributed by atoms with E-state index in [-0.39, 0.29) is 0 Å². The van der Waals surface area contributed by atoms with Crippen molar-refractivity contribution in [1.29, 1.82) is 0 Å². The van der Waals surface area contributed by atoms with Crippen LogP contribution in [0.2, 0.25) is 0 Å². The van der Waals surface area contributed by atoms with Crippen molar-refractivity contribution >= 4 is 23.1 Å². The number of thiocarbonyl (C=S) groups is 1. The van der Waals surface area contributed by atoms with Gasteiger partial charge in [0, 0.05) is 12.6 Å². The molecule has 0 spiro atoms. The summed E-state index contributed by atoms with van der Waals surface area (Å²) in [6.07, 6.45) is 1.01. The van der Waals surface area contributed by atoms with Gasteiger partial charge in [0.25, 0.3) is 0 Å². The smallest absolute Gasteiger partial charge is 0.238 e. The lowest BCUT2D eigenvalue weighted by Crippen LogP contribution is -2.29. The summed E-state index contributed by atoms with van der Waals surface area (Å²) in [6.45, 7) is 2.90. The van der Waals surface area contributed by atoms with Crippen LogP contribution in [-0.4, -0.2) is 21.9 Å². The zero-order valence-electron chi connectivity index (χ0n) is 11.2. The highest BCUT2D eigenvalue weighted by Crippen LogP contribution is 2.18. The van der Waals surface area contributed by atoms with Gasteiger partial charge in [-0.2, -0.15) is 0 Å². The molecule has 0 unspecified atom stereocenters. The van der Waals surface area contributed by atoms with E-state index in [2.05, 4.69) is 27.8 Å². The minimum absolute atomic E-state index is 0.439. The second kappa shape index (κ2) is 7.40.